The second-order valence-corrected chi connectivity index (χ2v) is 7.05. The van der Waals surface area contributed by atoms with Crippen LogP contribution in [-0.2, 0) is 12.7 Å². The molecule has 26 heavy (non-hydrogen) atoms. The summed E-state index contributed by atoms with van der Waals surface area (Å²) in [5, 5.41) is 4.01. The first-order valence-electron chi connectivity index (χ1n) is 8.28. The van der Waals surface area contributed by atoms with Gasteiger partial charge < -0.3 is 5.32 Å². The van der Waals surface area contributed by atoms with Gasteiger partial charge >= 0.3 is 6.18 Å². The van der Waals surface area contributed by atoms with E-state index in [4.69, 9.17) is 11.6 Å². The Hall–Kier alpha value is -1.63. The number of rotatable bonds is 4. The minimum atomic E-state index is -4.68. The van der Waals surface area contributed by atoms with Gasteiger partial charge in [-0.15, -0.1) is 0 Å². The Morgan fingerprint density at radius 3 is 2.58 bits per heavy atom. The van der Waals surface area contributed by atoms with Crippen molar-refractivity contribution in [1.82, 2.24) is 10.2 Å². The molecule has 1 unspecified atom stereocenters. The van der Waals surface area contributed by atoms with Gasteiger partial charge in [0.25, 0.3) is 0 Å². The number of nitrogens with zero attached hydrogens (tertiary/aromatic N) is 1. The standard InChI is InChI=1S/C19H19ClF4N2/c1-26(11-12-5-6-16(17(21)7-12)19(22,23)24)18-10-25-9-15(18)13-3-2-4-14(20)8-13/h2-8,15,18,25H,9-11H2,1H3/t15-,18?/m1/s1. The first-order valence-corrected chi connectivity index (χ1v) is 8.65. The van der Waals surface area contributed by atoms with Gasteiger partial charge in [-0.2, -0.15) is 13.2 Å². The molecule has 140 valence electrons. The van der Waals surface area contributed by atoms with E-state index in [2.05, 4.69) is 5.32 Å². The molecular weight excluding hydrogens is 368 g/mol. The average Bonchev–Trinajstić information content (AvgIpc) is 3.03. The van der Waals surface area contributed by atoms with E-state index < -0.39 is 17.6 Å². The summed E-state index contributed by atoms with van der Waals surface area (Å²) in [6, 6.07) is 10.9. The maximum Gasteiger partial charge on any atom is 0.419 e. The van der Waals surface area contributed by atoms with Crippen LogP contribution in [0, 0.1) is 5.82 Å². The Labute approximate surface area is 154 Å². The lowest BCUT2D eigenvalue weighted by Crippen LogP contribution is -2.36. The molecule has 2 nitrogen and oxygen atoms in total. The van der Waals surface area contributed by atoms with Crippen LogP contribution in [0.25, 0.3) is 0 Å². The van der Waals surface area contributed by atoms with Gasteiger partial charge in [0.1, 0.15) is 5.82 Å². The van der Waals surface area contributed by atoms with Crippen molar-refractivity contribution in [1.29, 1.82) is 0 Å². The zero-order valence-corrected chi connectivity index (χ0v) is 14.9. The molecule has 0 aromatic heterocycles. The van der Waals surface area contributed by atoms with Crippen molar-refractivity contribution in [2.24, 2.45) is 0 Å². The molecule has 0 saturated carbocycles. The predicted octanol–water partition coefficient (Wildman–Crippen LogP) is 4.69. The lowest BCUT2D eigenvalue weighted by Gasteiger charge is -2.29. The summed E-state index contributed by atoms with van der Waals surface area (Å²) in [4.78, 5) is 2.04. The van der Waals surface area contributed by atoms with Crippen molar-refractivity contribution in [2.45, 2.75) is 24.7 Å². The summed E-state index contributed by atoms with van der Waals surface area (Å²) >= 11 is 6.08. The summed E-state index contributed by atoms with van der Waals surface area (Å²) in [6.45, 7) is 1.89. The van der Waals surface area contributed by atoms with Gasteiger partial charge in [-0.25, -0.2) is 4.39 Å². The van der Waals surface area contributed by atoms with E-state index >= 15 is 0 Å². The minimum absolute atomic E-state index is 0.138. The zero-order chi connectivity index (χ0) is 18.9. The van der Waals surface area contributed by atoms with E-state index in [1.165, 1.54) is 6.07 Å². The third-order valence-corrected chi connectivity index (χ3v) is 5.03. The molecule has 1 aliphatic rings. The molecule has 1 N–H and O–H groups in total. The molecule has 1 fully saturated rings. The summed E-state index contributed by atoms with van der Waals surface area (Å²) in [5.74, 6) is -1.03. The van der Waals surface area contributed by atoms with Crippen LogP contribution in [0.4, 0.5) is 17.6 Å². The molecule has 7 heteroatoms. The molecular formula is C19H19ClF4N2. The fourth-order valence-corrected chi connectivity index (χ4v) is 3.70. The highest BCUT2D eigenvalue weighted by atomic mass is 35.5. The molecule has 0 aliphatic carbocycles. The van der Waals surface area contributed by atoms with Gasteiger partial charge in [0.2, 0.25) is 0 Å². The lowest BCUT2D eigenvalue weighted by atomic mass is 9.93. The number of likely N-dealkylation sites (N-methyl/N-ethyl adjacent to an activating group) is 1. The zero-order valence-electron chi connectivity index (χ0n) is 14.2. The maximum atomic E-state index is 13.8. The first-order chi connectivity index (χ1) is 12.3. The number of alkyl halides is 3. The molecule has 2 aromatic carbocycles. The van der Waals surface area contributed by atoms with Gasteiger partial charge in [-0.1, -0.05) is 29.8 Å². The van der Waals surface area contributed by atoms with E-state index in [0.29, 0.717) is 17.1 Å². The summed E-state index contributed by atoms with van der Waals surface area (Å²) in [7, 11) is 1.89. The second kappa shape index (κ2) is 7.55. The number of halogens is 5. The molecule has 2 atom stereocenters. The molecule has 1 heterocycles. The van der Waals surface area contributed by atoms with Crippen LogP contribution in [0.3, 0.4) is 0 Å². The van der Waals surface area contributed by atoms with Crippen molar-refractivity contribution < 1.29 is 17.6 Å². The van der Waals surface area contributed by atoms with E-state index in [9.17, 15) is 17.6 Å². The number of hydrogen-bond acceptors (Lipinski definition) is 2. The normalized spacial score (nSPS) is 20.7. The van der Waals surface area contributed by atoms with Crippen molar-refractivity contribution in [3.05, 3.63) is 70.0 Å². The van der Waals surface area contributed by atoms with Gasteiger partial charge in [0.15, 0.2) is 0 Å². The number of nitrogens with one attached hydrogen (secondary N) is 1. The van der Waals surface area contributed by atoms with Crippen LogP contribution in [-0.4, -0.2) is 31.1 Å². The van der Waals surface area contributed by atoms with E-state index in [1.54, 1.807) is 0 Å². The quantitative estimate of drug-likeness (QED) is 0.767. The number of benzene rings is 2. The SMILES string of the molecule is CN(Cc1ccc(C(F)(F)F)c(F)c1)C1CNC[C@@H]1c1cccc(Cl)c1. The molecule has 1 aliphatic heterocycles. The third-order valence-electron chi connectivity index (χ3n) is 4.80. The van der Waals surface area contributed by atoms with Crippen molar-refractivity contribution in [3.8, 4) is 0 Å². The lowest BCUT2D eigenvalue weighted by molar-refractivity contribution is -0.140. The minimum Gasteiger partial charge on any atom is -0.314 e. The van der Waals surface area contributed by atoms with Crippen LogP contribution in [0.2, 0.25) is 5.02 Å². The molecule has 0 amide bonds. The van der Waals surface area contributed by atoms with Crippen LogP contribution >= 0.6 is 11.6 Å². The largest absolute Gasteiger partial charge is 0.419 e. The number of hydrogen-bond donors (Lipinski definition) is 1. The maximum absolute atomic E-state index is 13.8. The molecule has 1 saturated heterocycles. The highest BCUT2D eigenvalue weighted by Gasteiger charge is 2.34. The van der Waals surface area contributed by atoms with Gasteiger partial charge in [0, 0.05) is 36.6 Å². The van der Waals surface area contributed by atoms with Crippen LogP contribution in [0.15, 0.2) is 42.5 Å². The Morgan fingerprint density at radius 1 is 1.15 bits per heavy atom. The summed E-state index contributed by atoms with van der Waals surface area (Å²) < 4.78 is 51.9. The van der Waals surface area contributed by atoms with E-state index in [-0.39, 0.29) is 12.0 Å². The molecule has 0 bridgehead atoms. The fourth-order valence-electron chi connectivity index (χ4n) is 3.50. The molecule has 0 spiro atoms. The smallest absolute Gasteiger partial charge is 0.314 e. The third kappa shape index (κ3) is 4.19. The highest BCUT2D eigenvalue weighted by molar-refractivity contribution is 6.30. The second-order valence-electron chi connectivity index (χ2n) is 6.61. The van der Waals surface area contributed by atoms with E-state index in [0.717, 1.165) is 30.8 Å². The van der Waals surface area contributed by atoms with Crippen LogP contribution in [0.1, 0.15) is 22.6 Å². The van der Waals surface area contributed by atoms with Crippen LogP contribution in [0.5, 0.6) is 0 Å². The summed E-state index contributed by atoms with van der Waals surface area (Å²) in [5.41, 5.74) is 0.385. The Kier molecular flexibility index (Phi) is 5.55. The van der Waals surface area contributed by atoms with Gasteiger partial charge in [0.05, 0.1) is 5.56 Å². The van der Waals surface area contributed by atoms with Gasteiger partial charge in [-0.05, 0) is 42.4 Å². The van der Waals surface area contributed by atoms with Gasteiger partial charge in [-0.3, -0.25) is 4.90 Å². The molecule has 3 rings (SSSR count). The van der Waals surface area contributed by atoms with Crippen LogP contribution < -0.4 is 5.32 Å². The fraction of sp³-hybridized carbons (Fsp3) is 0.368. The van der Waals surface area contributed by atoms with Crippen molar-refractivity contribution in [2.75, 3.05) is 20.1 Å². The summed E-state index contributed by atoms with van der Waals surface area (Å²) in [6.07, 6.45) is -4.68. The monoisotopic (exact) mass is 386 g/mol. The average molecular weight is 387 g/mol. The Balaban J connectivity index is 1.75. The molecule has 0 radical (unpaired) electrons. The first kappa shape index (κ1) is 19.1. The predicted molar refractivity (Wildman–Crippen MR) is 93.7 cm³/mol. The van der Waals surface area contributed by atoms with Crippen molar-refractivity contribution >= 4 is 11.6 Å². The van der Waals surface area contributed by atoms with E-state index in [1.807, 2.05) is 36.2 Å². The topological polar surface area (TPSA) is 15.3 Å². The molecule has 2 aromatic rings. The Bertz CT molecular complexity index is 778. The Morgan fingerprint density at radius 2 is 1.92 bits per heavy atom. The van der Waals surface area contributed by atoms with Crippen molar-refractivity contribution in [3.63, 3.8) is 0 Å². The highest BCUT2D eigenvalue weighted by Crippen LogP contribution is 2.32.